The average molecular weight is 221 g/mol. The van der Waals surface area contributed by atoms with Crippen molar-refractivity contribution in [3.05, 3.63) is 23.5 Å². The van der Waals surface area contributed by atoms with Crippen LogP contribution in [-0.2, 0) is 12.8 Å². The molecular formula is C14H23NO. The average Bonchev–Trinajstić information content (AvgIpc) is 2.35. The number of hydrogen-bond donors (Lipinski definition) is 0. The highest BCUT2D eigenvalue weighted by atomic mass is 16.5. The molecule has 0 aliphatic carbocycles. The summed E-state index contributed by atoms with van der Waals surface area (Å²) in [5, 5.41) is 0. The largest absolute Gasteiger partial charge is 0.489 e. The fraction of sp³-hybridized carbons (Fsp3) is 0.643. The van der Waals surface area contributed by atoms with Gasteiger partial charge in [0.1, 0.15) is 5.75 Å². The van der Waals surface area contributed by atoms with Gasteiger partial charge in [0.2, 0.25) is 0 Å². The lowest BCUT2D eigenvalue weighted by Gasteiger charge is -2.19. The first-order valence-electron chi connectivity index (χ1n) is 6.39. The van der Waals surface area contributed by atoms with Crippen molar-refractivity contribution in [2.45, 2.75) is 59.5 Å². The summed E-state index contributed by atoms with van der Waals surface area (Å²) in [5.41, 5.74) is 2.63. The van der Waals surface area contributed by atoms with E-state index in [0.29, 0.717) is 6.10 Å². The number of hydrogen-bond acceptors (Lipinski definition) is 2. The lowest BCUT2D eigenvalue weighted by atomic mass is 10.0. The van der Waals surface area contributed by atoms with Crippen LogP contribution in [0.3, 0.4) is 0 Å². The van der Waals surface area contributed by atoms with Crippen LogP contribution in [0.25, 0.3) is 0 Å². The molecule has 1 heterocycles. The van der Waals surface area contributed by atoms with Gasteiger partial charge in [-0.05, 0) is 31.2 Å². The minimum atomic E-state index is 0.319. The maximum absolute atomic E-state index is 6.01. The van der Waals surface area contributed by atoms with E-state index in [2.05, 4.69) is 32.7 Å². The van der Waals surface area contributed by atoms with E-state index in [1.807, 2.05) is 12.4 Å². The Kier molecular flexibility index (Phi) is 5.30. The van der Waals surface area contributed by atoms with Gasteiger partial charge < -0.3 is 4.74 Å². The van der Waals surface area contributed by atoms with Gasteiger partial charge in [-0.25, -0.2) is 0 Å². The second-order valence-corrected chi connectivity index (χ2v) is 4.04. The predicted octanol–water partition coefficient (Wildman–Crippen LogP) is 3.77. The van der Waals surface area contributed by atoms with Gasteiger partial charge in [-0.3, -0.25) is 4.98 Å². The molecule has 0 unspecified atom stereocenters. The second kappa shape index (κ2) is 6.51. The normalized spacial score (nSPS) is 10.8. The molecule has 0 radical (unpaired) electrons. The van der Waals surface area contributed by atoms with Crippen molar-refractivity contribution in [2.75, 3.05) is 0 Å². The van der Waals surface area contributed by atoms with Crippen LogP contribution < -0.4 is 4.74 Å². The van der Waals surface area contributed by atoms with Crippen molar-refractivity contribution in [3.8, 4) is 5.75 Å². The van der Waals surface area contributed by atoms with Crippen LogP contribution in [0, 0.1) is 0 Å². The molecule has 0 saturated heterocycles. The van der Waals surface area contributed by atoms with Gasteiger partial charge in [0.15, 0.2) is 0 Å². The van der Waals surface area contributed by atoms with Gasteiger partial charge in [0.05, 0.1) is 12.3 Å². The summed E-state index contributed by atoms with van der Waals surface area (Å²) in [7, 11) is 0. The maximum atomic E-state index is 6.01. The molecule has 0 aliphatic rings. The number of ether oxygens (including phenoxy) is 1. The van der Waals surface area contributed by atoms with E-state index in [1.165, 1.54) is 11.1 Å². The third-order valence-electron chi connectivity index (χ3n) is 3.05. The lowest BCUT2D eigenvalue weighted by Crippen LogP contribution is -2.15. The number of aryl methyl sites for hydroxylation is 1. The Morgan fingerprint density at radius 2 is 1.75 bits per heavy atom. The summed E-state index contributed by atoms with van der Waals surface area (Å²) in [6, 6.07) is 0. The molecule has 0 aromatic carbocycles. The van der Waals surface area contributed by atoms with Gasteiger partial charge in [0, 0.05) is 11.8 Å². The molecule has 0 N–H and O–H groups in total. The number of aromatic nitrogens is 1. The first kappa shape index (κ1) is 13.0. The molecule has 0 spiro atoms. The zero-order valence-electron chi connectivity index (χ0n) is 10.9. The highest BCUT2D eigenvalue weighted by Gasteiger charge is 2.11. The SMILES string of the molecule is CCc1cncc(OC(CC)CC)c1CC. The van der Waals surface area contributed by atoms with E-state index >= 15 is 0 Å². The van der Waals surface area contributed by atoms with E-state index in [4.69, 9.17) is 4.74 Å². The van der Waals surface area contributed by atoms with Crippen molar-refractivity contribution in [1.29, 1.82) is 0 Å². The molecule has 0 bridgehead atoms. The van der Waals surface area contributed by atoms with Crippen LogP contribution >= 0.6 is 0 Å². The van der Waals surface area contributed by atoms with Crippen molar-refractivity contribution in [2.24, 2.45) is 0 Å². The van der Waals surface area contributed by atoms with E-state index in [0.717, 1.165) is 31.4 Å². The molecule has 1 aromatic rings. The molecule has 0 fully saturated rings. The quantitative estimate of drug-likeness (QED) is 0.729. The van der Waals surface area contributed by atoms with Crippen LogP contribution in [-0.4, -0.2) is 11.1 Å². The fourth-order valence-electron chi connectivity index (χ4n) is 1.95. The smallest absolute Gasteiger partial charge is 0.141 e. The second-order valence-electron chi connectivity index (χ2n) is 4.04. The molecule has 0 atom stereocenters. The van der Waals surface area contributed by atoms with Crippen molar-refractivity contribution in [3.63, 3.8) is 0 Å². The zero-order valence-corrected chi connectivity index (χ0v) is 10.9. The van der Waals surface area contributed by atoms with Gasteiger partial charge in [-0.2, -0.15) is 0 Å². The number of rotatable bonds is 6. The summed E-state index contributed by atoms with van der Waals surface area (Å²) in [6.07, 6.45) is 8.28. The summed E-state index contributed by atoms with van der Waals surface area (Å²) in [4.78, 5) is 4.26. The van der Waals surface area contributed by atoms with Crippen molar-refractivity contribution < 1.29 is 4.74 Å². The Morgan fingerprint density at radius 3 is 2.25 bits per heavy atom. The third kappa shape index (κ3) is 2.97. The maximum Gasteiger partial charge on any atom is 0.141 e. The monoisotopic (exact) mass is 221 g/mol. The first-order valence-corrected chi connectivity index (χ1v) is 6.39. The highest BCUT2D eigenvalue weighted by Crippen LogP contribution is 2.24. The van der Waals surface area contributed by atoms with E-state index in [-0.39, 0.29) is 0 Å². The molecule has 1 rings (SSSR count). The Labute approximate surface area is 99.0 Å². The first-order chi connectivity index (χ1) is 7.76. The summed E-state index contributed by atoms with van der Waals surface area (Å²) in [5.74, 6) is 0.982. The van der Waals surface area contributed by atoms with Crippen molar-refractivity contribution in [1.82, 2.24) is 4.98 Å². The van der Waals surface area contributed by atoms with Crippen LogP contribution in [0.1, 0.15) is 51.7 Å². The van der Waals surface area contributed by atoms with Crippen LogP contribution in [0.4, 0.5) is 0 Å². The number of pyridine rings is 1. The molecular weight excluding hydrogens is 198 g/mol. The fourth-order valence-corrected chi connectivity index (χ4v) is 1.95. The molecule has 2 nitrogen and oxygen atoms in total. The van der Waals surface area contributed by atoms with E-state index < -0.39 is 0 Å². The third-order valence-corrected chi connectivity index (χ3v) is 3.05. The molecule has 0 aliphatic heterocycles. The van der Waals surface area contributed by atoms with Crippen LogP contribution in [0.2, 0.25) is 0 Å². The zero-order chi connectivity index (χ0) is 12.0. The molecule has 2 heteroatoms. The molecule has 90 valence electrons. The van der Waals surface area contributed by atoms with E-state index in [1.54, 1.807) is 0 Å². The van der Waals surface area contributed by atoms with Gasteiger partial charge >= 0.3 is 0 Å². The summed E-state index contributed by atoms with van der Waals surface area (Å²) < 4.78 is 6.01. The Hall–Kier alpha value is -1.05. The highest BCUT2D eigenvalue weighted by molar-refractivity contribution is 5.37. The Balaban J connectivity index is 2.94. The van der Waals surface area contributed by atoms with E-state index in [9.17, 15) is 0 Å². The van der Waals surface area contributed by atoms with Gasteiger partial charge in [-0.1, -0.05) is 27.7 Å². The van der Waals surface area contributed by atoms with Crippen LogP contribution in [0.5, 0.6) is 5.75 Å². The minimum absolute atomic E-state index is 0.319. The van der Waals surface area contributed by atoms with Crippen LogP contribution in [0.15, 0.2) is 12.4 Å². The summed E-state index contributed by atoms with van der Waals surface area (Å²) >= 11 is 0. The molecule has 0 saturated carbocycles. The van der Waals surface area contributed by atoms with Crippen molar-refractivity contribution >= 4 is 0 Å². The molecule has 0 amide bonds. The predicted molar refractivity (Wildman–Crippen MR) is 68.0 cm³/mol. The Morgan fingerprint density at radius 1 is 1.06 bits per heavy atom. The van der Waals surface area contributed by atoms with Gasteiger partial charge in [0.25, 0.3) is 0 Å². The number of nitrogens with zero attached hydrogens (tertiary/aromatic N) is 1. The Bertz CT molecular complexity index is 319. The topological polar surface area (TPSA) is 22.1 Å². The molecule has 1 aromatic heterocycles. The standard InChI is InChI=1S/C14H23NO/c1-5-11-9-15-10-14(13(11)8-4)16-12(6-2)7-3/h9-10,12H,5-8H2,1-4H3. The molecule has 16 heavy (non-hydrogen) atoms. The lowest BCUT2D eigenvalue weighted by molar-refractivity contribution is 0.190. The minimum Gasteiger partial charge on any atom is -0.489 e. The summed E-state index contributed by atoms with van der Waals surface area (Å²) in [6.45, 7) is 8.67. The van der Waals surface area contributed by atoms with Gasteiger partial charge in [-0.15, -0.1) is 0 Å².